The summed E-state index contributed by atoms with van der Waals surface area (Å²) in [7, 11) is 0. The van der Waals surface area contributed by atoms with E-state index in [4.69, 9.17) is 4.74 Å². The largest absolute Gasteiger partial charge is 0.464 e. The lowest BCUT2D eigenvalue weighted by Crippen LogP contribution is -2.23. The Balaban J connectivity index is 2.24. The van der Waals surface area contributed by atoms with Crippen LogP contribution < -0.4 is 5.32 Å². The lowest BCUT2D eigenvalue weighted by Gasteiger charge is -2.08. The van der Waals surface area contributed by atoms with Gasteiger partial charge in [-0.3, -0.25) is 4.79 Å². The van der Waals surface area contributed by atoms with Gasteiger partial charge in [0.25, 0.3) is 0 Å². The molecule has 0 heterocycles. The first-order valence-electron chi connectivity index (χ1n) is 5.82. The first kappa shape index (κ1) is 14.6. The van der Waals surface area contributed by atoms with Crippen LogP contribution in [0, 0.1) is 17.6 Å². The van der Waals surface area contributed by atoms with Crippen molar-refractivity contribution in [3.8, 4) is 0 Å². The van der Waals surface area contributed by atoms with Crippen LogP contribution in [0.25, 0.3) is 0 Å². The maximum Gasteiger partial charge on any atom is 0.308 e. The second kappa shape index (κ2) is 7.06. The fourth-order valence-corrected chi connectivity index (χ4v) is 1.28. The summed E-state index contributed by atoms with van der Waals surface area (Å²) in [6.45, 7) is 4.44. The van der Waals surface area contributed by atoms with Crippen LogP contribution in [0.15, 0.2) is 18.2 Å². The highest BCUT2D eigenvalue weighted by molar-refractivity contribution is 5.71. The van der Waals surface area contributed by atoms with Gasteiger partial charge in [-0.2, -0.15) is 0 Å². The smallest absolute Gasteiger partial charge is 0.308 e. The van der Waals surface area contributed by atoms with Crippen molar-refractivity contribution >= 4 is 5.97 Å². The summed E-state index contributed by atoms with van der Waals surface area (Å²) < 4.78 is 30.8. The molecule has 0 aromatic heterocycles. The molecule has 3 nitrogen and oxygen atoms in total. The van der Waals surface area contributed by atoms with E-state index in [0.29, 0.717) is 12.1 Å². The number of hydrogen-bond acceptors (Lipinski definition) is 3. The molecule has 0 unspecified atom stereocenters. The average molecular weight is 257 g/mol. The molecule has 0 aliphatic rings. The van der Waals surface area contributed by atoms with Crippen molar-refractivity contribution in [1.82, 2.24) is 5.32 Å². The van der Waals surface area contributed by atoms with Crippen LogP contribution in [0.3, 0.4) is 0 Å². The van der Waals surface area contributed by atoms with Crippen molar-refractivity contribution in [3.05, 3.63) is 35.4 Å². The van der Waals surface area contributed by atoms with Crippen LogP contribution in [0.2, 0.25) is 0 Å². The second-order valence-electron chi connectivity index (χ2n) is 4.23. The number of halogens is 2. The zero-order valence-corrected chi connectivity index (χ0v) is 10.5. The minimum atomic E-state index is -0.595. The SMILES string of the molecule is CC(C)C(=O)OCCNCc1ccc(F)cc1F. The van der Waals surface area contributed by atoms with Gasteiger partial charge in [-0.1, -0.05) is 19.9 Å². The van der Waals surface area contributed by atoms with Gasteiger partial charge in [0.2, 0.25) is 0 Å². The fraction of sp³-hybridized carbons (Fsp3) is 0.462. The molecule has 0 atom stereocenters. The van der Waals surface area contributed by atoms with Crippen molar-refractivity contribution in [3.63, 3.8) is 0 Å². The van der Waals surface area contributed by atoms with E-state index in [9.17, 15) is 13.6 Å². The Hall–Kier alpha value is -1.49. The second-order valence-corrected chi connectivity index (χ2v) is 4.23. The first-order chi connectivity index (χ1) is 8.50. The molecular formula is C13H17F2NO2. The molecule has 1 aromatic rings. The summed E-state index contributed by atoms with van der Waals surface area (Å²) >= 11 is 0. The van der Waals surface area contributed by atoms with Gasteiger partial charge in [0.15, 0.2) is 0 Å². The summed E-state index contributed by atoms with van der Waals surface area (Å²) in [6.07, 6.45) is 0. The van der Waals surface area contributed by atoms with Gasteiger partial charge in [0, 0.05) is 24.7 Å². The molecule has 0 radical (unpaired) electrons. The third-order valence-corrected chi connectivity index (χ3v) is 2.33. The molecule has 0 bridgehead atoms. The molecule has 0 aliphatic carbocycles. The Labute approximate surface area is 105 Å². The van der Waals surface area contributed by atoms with Crippen LogP contribution in [0.4, 0.5) is 8.78 Å². The number of ether oxygens (including phenoxy) is 1. The van der Waals surface area contributed by atoms with Gasteiger partial charge in [-0.05, 0) is 6.07 Å². The van der Waals surface area contributed by atoms with E-state index in [1.807, 2.05) is 0 Å². The molecule has 5 heteroatoms. The lowest BCUT2D eigenvalue weighted by molar-refractivity contribution is -0.147. The number of esters is 1. The Bertz CT molecular complexity index is 408. The maximum absolute atomic E-state index is 13.2. The summed E-state index contributed by atoms with van der Waals surface area (Å²) in [6, 6.07) is 3.44. The van der Waals surface area contributed by atoms with Crippen molar-refractivity contribution < 1.29 is 18.3 Å². The van der Waals surface area contributed by atoms with E-state index in [0.717, 1.165) is 6.07 Å². The molecular weight excluding hydrogens is 240 g/mol. The number of carbonyl (C=O) groups excluding carboxylic acids is 1. The normalized spacial score (nSPS) is 10.7. The van der Waals surface area contributed by atoms with E-state index >= 15 is 0 Å². The highest BCUT2D eigenvalue weighted by Crippen LogP contribution is 2.08. The van der Waals surface area contributed by atoms with Crippen LogP contribution in [-0.2, 0) is 16.1 Å². The van der Waals surface area contributed by atoms with Crippen LogP contribution in [-0.4, -0.2) is 19.1 Å². The number of benzene rings is 1. The summed E-state index contributed by atoms with van der Waals surface area (Å²) in [5.74, 6) is -1.59. The number of nitrogens with one attached hydrogen (secondary N) is 1. The minimum Gasteiger partial charge on any atom is -0.464 e. The van der Waals surface area contributed by atoms with Gasteiger partial charge in [-0.25, -0.2) is 8.78 Å². The average Bonchev–Trinajstić information content (AvgIpc) is 2.30. The minimum absolute atomic E-state index is 0.153. The van der Waals surface area contributed by atoms with Gasteiger partial charge in [0.1, 0.15) is 18.2 Å². The molecule has 1 N–H and O–H groups in total. The molecule has 1 rings (SSSR count). The van der Waals surface area contributed by atoms with E-state index in [2.05, 4.69) is 5.32 Å². The van der Waals surface area contributed by atoms with Crippen LogP contribution in [0.1, 0.15) is 19.4 Å². The Morgan fingerprint density at radius 2 is 2.11 bits per heavy atom. The Morgan fingerprint density at radius 3 is 2.72 bits per heavy atom. The lowest BCUT2D eigenvalue weighted by atomic mass is 10.2. The number of carbonyl (C=O) groups is 1. The molecule has 100 valence electrons. The summed E-state index contributed by atoms with van der Waals surface area (Å²) in [5, 5.41) is 2.92. The Kier molecular flexibility index (Phi) is 5.71. The van der Waals surface area contributed by atoms with Crippen molar-refractivity contribution in [1.29, 1.82) is 0 Å². The van der Waals surface area contributed by atoms with Crippen molar-refractivity contribution in [2.45, 2.75) is 20.4 Å². The highest BCUT2D eigenvalue weighted by Gasteiger charge is 2.07. The topological polar surface area (TPSA) is 38.3 Å². The van der Waals surface area contributed by atoms with Gasteiger partial charge < -0.3 is 10.1 Å². The molecule has 1 aromatic carbocycles. The molecule has 0 saturated carbocycles. The fourth-order valence-electron chi connectivity index (χ4n) is 1.28. The van der Waals surface area contributed by atoms with Crippen molar-refractivity contribution in [2.24, 2.45) is 5.92 Å². The third-order valence-electron chi connectivity index (χ3n) is 2.33. The Morgan fingerprint density at radius 1 is 1.39 bits per heavy atom. The van der Waals surface area contributed by atoms with Gasteiger partial charge >= 0.3 is 5.97 Å². The molecule has 0 amide bonds. The summed E-state index contributed by atoms with van der Waals surface area (Å²) in [4.78, 5) is 11.1. The standard InChI is InChI=1S/C13H17F2NO2/c1-9(2)13(17)18-6-5-16-8-10-3-4-11(14)7-12(10)15/h3-4,7,9,16H,5-6,8H2,1-2H3. The van der Waals surface area contributed by atoms with E-state index in [-0.39, 0.29) is 25.0 Å². The molecule has 0 aliphatic heterocycles. The number of rotatable bonds is 6. The predicted octanol–water partition coefficient (Wildman–Crippen LogP) is 2.25. The zero-order chi connectivity index (χ0) is 13.5. The third kappa shape index (κ3) is 4.79. The highest BCUT2D eigenvalue weighted by atomic mass is 19.1. The summed E-state index contributed by atoms with van der Waals surface area (Å²) in [5.41, 5.74) is 0.381. The molecule has 18 heavy (non-hydrogen) atoms. The van der Waals surface area contributed by atoms with Crippen LogP contribution in [0.5, 0.6) is 0 Å². The number of hydrogen-bond donors (Lipinski definition) is 1. The predicted molar refractivity (Wildman–Crippen MR) is 63.9 cm³/mol. The van der Waals surface area contributed by atoms with E-state index < -0.39 is 11.6 Å². The van der Waals surface area contributed by atoms with Gasteiger partial charge in [0.05, 0.1) is 5.92 Å². The quantitative estimate of drug-likeness (QED) is 0.627. The maximum atomic E-state index is 13.2. The van der Waals surface area contributed by atoms with Crippen molar-refractivity contribution in [2.75, 3.05) is 13.2 Å². The zero-order valence-electron chi connectivity index (χ0n) is 10.5. The molecule has 0 spiro atoms. The monoisotopic (exact) mass is 257 g/mol. The van der Waals surface area contributed by atoms with E-state index in [1.165, 1.54) is 12.1 Å². The van der Waals surface area contributed by atoms with Crippen LogP contribution >= 0.6 is 0 Å². The molecule has 0 saturated heterocycles. The molecule has 0 fully saturated rings. The van der Waals surface area contributed by atoms with Gasteiger partial charge in [-0.15, -0.1) is 0 Å². The van der Waals surface area contributed by atoms with E-state index in [1.54, 1.807) is 13.8 Å². The first-order valence-corrected chi connectivity index (χ1v) is 5.82.